The molecular formula is C7H7N3OS. The Bertz CT molecular complexity index is 412. The van der Waals surface area contributed by atoms with Gasteiger partial charge in [-0.15, -0.1) is 12.6 Å². The fourth-order valence-electron chi connectivity index (χ4n) is 1.03. The molecule has 2 heterocycles. The summed E-state index contributed by atoms with van der Waals surface area (Å²) in [5.74, 6) is 0. The number of aromatic nitrogens is 3. The third-order valence-electron chi connectivity index (χ3n) is 1.56. The second-order valence-corrected chi connectivity index (χ2v) is 2.82. The molecular weight excluding hydrogens is 174 g/mol. The van der Waals surface area contributed by atoms with Crippen molar-refractivity contribution < 1.29 is 5.11 Å². The van der Waals surface area contributed by atoms with Crippen LogP contribution in [-0.2, 0) is 6.61 Å². The maximum Gasteiger partial charge on any atom is 0.156 e. The highest BCUT2D eigenvalue weighted by Crippen LogP contribution is 2.10. The maximum atomic E-state index is 8.83. The van der Waals surface area contributed by atoms with Crippen molar-refractivity contribution in [1.29, 1.82) is 0 Å². The van der Waals surface area contributed by atoms with Gasteiger partial charge in [0, 0.05) is 6.07 Å². The summed E-state index contributed by atoms with van der Waals surface area (Å²) < 4.78 is 1.60. The van der Waals surface area contributed by atoms with Gasteiger partial charge in [0.25, 0.3) is 0 Å². The molecule has 2 aromatic rings. The summed E-state index contributed by atoms with van der Waals surface area (Å²) in [6.45, 7) is -0.0742. The Morgan fingerprint density at radius 1 is 1.58 bits per heavy atom. The lowest BCUT2D eigenvalue weighted by Crippen LogP contribution is -1.97. The van der Waals surface area contributed by atoms with Crippen molar-refractivity contribution in [2.45, 2.75) is 11.6 Å². The molecule has 0 radical (unpaired) electrons. The molecule has 5 heteroatoms. The number of aliphatic hydroxyl groups excluding tert-OH is 1. The zero-order chi connectivity index (χ0) is 8.55. The Hall–Kier alpha value is -1.07. The molecule has 2 aromatic heterocycles. The lowest BCUT2D eigenvalue weighted by atomic mass is 10.4. The van der Waals surface area contributed by atoms with Crippen molar-refractivity contribution >= 4 is 18.3 Å². The van der Waals surface area contributed by atoms with E-state index in [4.69, 9.17) is 5.11 Å². The summed E-state index contributed by atoms with van der Waals surface area (Å²) >= 11 is 4.19. The van der Waals surface area contributed by atoms with E-state index in [9.17, 15) is 0 Å². The van der Waals surface area contributed by atoms with Gasteiger partial charge in [-0.2, -0.15) is 5.10 Å². The first kappa shape index (κ1) is 7.57. The third kappa shape index (κ3) is 1.07. The quantitative estimate of drug-likeness (QED) is 0.498. The Labute approximate surface area is 74.3 Å². The minimum atomic E-state index is -0.0742. The summed E-state index contributed by atoms with van der Waals surface area (Å²) in [7, 11) is 0. The third-order valence-corrected chi connectivity index (χ3v) is 1.87. The highest BCUT2D eigenvalue weighted by Gasteiger charge is 2.01. The highest BCUT2D eigenvalue weighted by atomic mass is 32.1. The molecule has 0 aliphatic carbocycles. The number of nitrogens with zero attached hydrogens (tertiary/aromatic N) is 3. The van der Waals surface area contributed by atoms with Crippen LogP contribution in [0.15, 0.2) is 23.4 Å². The number of aliphatic hydroxyl groups is 1. The van der Waals surface area contributed by atoms with Crippen LogP contribution in [0.4, 0.5) is 0 Å². The predicted molar refractivity (Wildman–Crippen MR) is 46.2 cm³/mol. The standard InChI is InChI=1S/C7H7N3OS/c11-4-5-3-7(12)10-6(9-5)1-2-8-10/h1-3,11-12H,4H2. The van der Waals surface area contributed by atoms with Gasteiger partial charge in [-0.1, -0.05) is 0 Å². The molecule has 0 aliphatic rings. The van der Waals surface area contributed by atoms with Crippen LogP contribution in [0.25, 0.3) is 5.65 Å². The molecule has 0 spiro atoms. The van der Waals surface area contributed by atoms with Gasteiger partial charge in [-0.05, 0) is 6.07 Å². The molecule has 0 fully saturated rings. The van der Waals surface area contributed by atoms with E-state index in [2.05, 4.69) is 22.7 Å². The van der Waals surface area contributed by atoms with Crippen LogP contribution < -0.4 is 0 Å². The van der Waals surface area contributed by atoms with Crippen LogP contribution in [0.3, 0.4) is 0 Å². The fraction of sp³-hybridized carbons (Fsp3) is 0.143. The lowest BCUT2D eigenvalue weighted by Gasteiger charge is -1.99. The molecule has 4 nitrogen and oxygen atoms in total. The summed E-state index contributed by atoms with van der Waals surface area (Å²) in [6.07, 6.45) is 1.64. The zero-order valence-electron chi connectivity index (χ0n) is 6.18. The minimum absolute atomic E-state index is 0.0742. The van der Waals surface area contributed by atoms with E-state index in [0.717, 1.165) is 0 Å². The number of fused-ring (bicyclic) bond motifs is 1. The van der Waals surface area contributed by atoms with E-state index in [-0.39, 0.29) is 6.61 Å². The van der Waals surface area contributed by atoms with Crippen LogP contribution >= 0.6 is 12.6 Å². The smallest absolute Gasteiger partial charge is 0.156 e. The van der Waals surface area contributed by atoms with Crippen molar-refractivity contribution in [3.63, 3.8) is 0 Å². The van der Waals surface area contributed by atoms with Gasteiger partial charge in [0.1, 0.15) is 0 Å². The van der Waals surface area contributed by atoms with Crippen molar-refractivity contribution in [3.05, 3.63) is 24.0 Å². The van der Waals surface area contributed by atoms with E-state index < -0.39 is 0 Å². The molecule has 2 rings (SSSR count). The van der Waals surface area contributed by atoms with Gasteiger partial charge in [-0.3, -0.25) is 0 Å². The van der Waals surface area contributed by atoms with Gasteiger partial charge in [-0.25, -0.2) is 9.50 Å². The molecule has 0 unspecified atom stereocenters. The van der Waals surface area contributed by atoms with Crippen LogP contribution in [0.5, 0.6) is 0 Å². The average Bonchev–Trinajstić information content (AvgIpc) is 2.52. The summed E-state index contributed by atoms with van der Waals surface area (Å²) in [4.78, 5) is 4.12. The van der Waals surface area contributed by atoms with E-state index in [0.29, 0.717) is 16.4 Å². The summed E-state index contributed by atoms with van der Waals surface area (Å²) in [5, 5.41) is 13.5. The molecule has 62 valence electrons. The fourth-order valence-corrected chi connectivity index (χ4v) is 1.33. The predicted octanol–water partition coefficient (Wildman–Crippen LogP) is 0.510. The Balaban J connectivity index is 2.75. The lowest BCUT2D eigenvalue weighted by molar-refractivity contribution is 0.276. The highest BCUT2D eigenvalue weighted by molar-refractivity contribution is 7.80. The molecule has 0 saturated carbocycles. The van der Waals surface area contributed by atoms with Crippen molar-refractivity contribution in [2.24, 2.45) is 0 Å². The molecule has 0 amide bonds. The topological polar surface area (TPSA) is 50.4 Å². The van der Waals surface area contributed by atoms with Crippen LogP contribution in [0.2, 0.25) is 0 Å². The summed E-state index contributed by atoms with van der Waals surface area (Å²) in [6, 6.07) is 3.45. The van der Waals surface area contributed by atoms with Crippen molar-refractivity contribution in [2.75, 3.05) is 0 Å². The second kappa shape index (κ2) is 2.76. The maximum absolute atomic E-state index is 8.83. The Morgan fingerprint density at radius 3 is 3.17 bits per heavy atom. The first-order valence-corrected chi connectivity index (χ1v) is 3.89. The van der Waals surface area contributed by atoms with Gasteiger partial charge < -0.3 is 5.11 Å². The molecule has 0 aromatic carbocycles. The average molecular weight is 181 g/mol. The van der Waals surface area contributed by atoms with E-state index in [1.807, 2.05) is 0 Å². The van der Waals surface area contributed by atoms with E-state index >= 15 is 0 Å². The first-order valence-electron chi connectivity index (χ1n) is 3.45. The summed E-state index contributed by atoms with van der Waals surface area (Å²) in [5.41, 5.74) is 1.31. The van der Waals surface area contributed by atoms with Crippen molar-refractivity contribution in [3.8, 4) is 0 Å². The number of hydrogen-bond donors (Lipinski definition) is 2. The Kier molecular flexibility index (Phi) is 1.74. The number of thiol groups is 1. The van der Waals surface area contributed by atoms with Crippen molar-refractivity contribution in [1.82, 2.24) is 14.6 Å². The van der Waals surface area contributed by atoms with Gasteiger partial charge in [0.05, 0.1) is 23.5 Å². The zero-order valence-corrected chi connectivity index (χ0v) is 7.07. The molecule has 0 bridgehead atoms. The normalized spacial score (nSPS) is 10.8. The molecule has 1 N–H and O–H groups in total. The molecule has 0 aliphatic heterocycles. The minimum Gasteiger partial charge on any atom is -0.390 e. The molecule has 0 atom stereocenters. The SMILES string of the molecule is OCc1cc(S)n2nccc2n1. The van der Waals surface area contributed by atoms with E-state index in [1.54, 1.807) is 22.8 Å². The second-order valence-electron chi connectivity index (χ2n) is 2.37. The van der Waals surface area contributed by atoms with Crippen LogP contribution in [-0.4, -0.2) is 19.7 Å². The van der Waals surface area contributed by atoms with Gasteiger partial charge in [0.15, 0.2) is 5.65 Å². The first-order chi connectivity index (χ1) is 5.81. The van der Waals surface area contributed by atoms with E-state index in [1.165, 1.54) is 0 Å². The number of hydrogen-bond acceptors (Lipinski definition) is 4. The largest absolute Gasteiger partial charge is 0.390 e. The van der Waals surface area contributed by atoms with Crippen LogP contribution in [0.1, 0.15) is 5.69 Å². The van der Waals surface area contributed by atoms with Gasteiger partial charge >= 0.3 is 0 Å². The van der Waals surface area contributed by atoms with Gasteiger partial charge in [0.2, 0.25) is 0 Å². The molecule has 0 saturated heterocycles. The Morgan fingerprint density at radius 2 is 2.42 bits per heavy atom. The van der Waals surface area contributed by atoms with Crippen LogP contribution in [0, 0.1) is 0 Å². The number of rotatable bonds is 1. The monoisotopic (exact) mass is 181 g/mol. The molecule has 12 heavy (non-hydrogen) atoms.